The molecule has 0 aliphatic rings. The zero-order valence-corrected chi connectivity index (χ0v) is 15.8. The molecule has 1 atom stereocenters. The SMILES string of the molecule is Cc1cccc(-c2ccc(S[C@H](CC(C)C)C(=O)NCC#N)cc2)c1. The maximum absolute atomic E-state index is 12.3. The summed E-state index contributed by atoms with van der Waals surface area (Å²) in [6, 6.07) is 18.7. The number of carbonyl (C=O) groups is 1. The number of thioether (sulfide) groups is 1. The zero-order chi connectivity index (χ0) is 18.2. The number of amides is 1. The third kappa shape index (κ3) is 5.95. The molecule has 25 heavy (non-hydrogen) atoms. The molecule has 0 aliphatic carbocycles. The summed E-state index contributed by atoms with van der Waals surface area (Å²) < 4.78 is 0. The Balaban J connectivity index is 2.11. The molecule has 0 radical (unpaired) electrons. The molecule has 0 aromatic heterocycles. The van der Waals surface area contributed by atoms with Gasteiger partial charge in [-0.25, -0.2) is 0 Å². The summed E-state index contributed by atoms with van der Waals surface area (Å²) in [5.74, 6) is 0.347. The number of nitrogens with zero attached hydrogens (tertiary/aromatic N) is 1. The Labute approximate surface area is 154 Å². The fourth-order valence-electron chi connectivity index (χ4n) is 2.59. The van der Waals surface area contributed by atoms with Gasteiger partial charge in [-0.2, -0.15) is 5.26 Å². The zero-order valence-electron chi connectivity index (χ0n) is 15.0. The van der Waals surface area contributed by atoms with Crippen molar-refractivity contribution >= 4 is 17.7 Å². The van der Waals surface area contributed by atoms with Crippen molar-refractivity contribution in [3.05, 3.63) is 54.1 Å². The van der Waals surface area contributed by atoms with Gasteiger partial charge in [0.1, 0.15) is 6.54 Å². The molecule has 2 rings (SSSR count). The normalized spacial score (nSPS) is 11.8. The van der Waals surface area contributed by atoms with E-state index in [4.69, 9.17) is 5.26 Å². The first-order chi connectivity index (χ1) is 12.0. The van der Waals surface area contributed by atoms with Crippen LogP contribution in [0.4, 0.5) is 0 Å². The second-order valence-electron chi connectivity index (χ2n) is 6.51. The molecule has 0 unspecified atom stereocenters. The lowest BCUT2D eigenvalue weighted by molar-refractivity contribution is -0.120. The highest BCUT2D eigenvalue weighted by molar-refractivity contribution is 8.00. The van der Waals surface area contributed by atoms with Crippen LogP contribution in [-0.4, -0.2) is 17.7 Å². The van der Waals surface area contributed by atoms with Crippen molar-refractivity contribution < 1.29 is 4.79 Å². The Morgan fingerprint density at radius 2 is 1.88 bits per heavy atom. The molecule has 4 heteroatoms. The van der Waals surface area contributed by atoms with Crippen LogP contribution in [0.5, 0.6) is 0 Å². The van der Waals surface area contributed by atoms with Crippen LogP contribution in [0.1, 0.15) is 25.8 Å². The molecule has 0 bridgehead atoms. The number of aryl methyl sites for hydroxylation is 1. The van der Waals surface area contributed by atoms with Crippen LogP contribution in [0.2, 0.25) is 0 Å². The third-order valence-corrected chi connectivity index (χ3v) is 5.04. The molecule has 1 N–H and O–H groups in total. The molecular weight excluding hydrogens is 328 g/mol. The average molecular weight is 353 g/mol. The molecule has 0 aliphatic heterocycles. The molecule has 0 fully saturated rings. The van der Waals surface area contributed by atoms with Gasteiger partial charge in [0.05, 0.1) is 11.3 Å². The van der Waals surface area contributed by atoms with E-state index in [2.05, 4.69) is 74.6 Å². The van der Waals surface area contributed by atoms with Crippen LogP contribution in [0.25, 0.3) is 11.1 Å². The van der Waals surface area contributed by atoms with E-state index in [0.717, 1.165) is 11.3 Å². The van der Waals surface area contributed by atoms with Crippen molar-refractivity contribution in [1.29, 1.82) is 5.26 Å². The maximum Gasteiger partial charge on any atom is 0.234 e. The fourth-order valence-corrected chi connectivity index (χ4v) is 3.89. The molecule has 0 saturated heterocycles. The van der Waals surface area contributed by atoms with E-state index in [-0.39, 0.29) is 17.7 Å². The molecule has 0 heterocycles. The van der Waals surface area contributed by atoms with Gasteiger partial charge in [0.15, 0.2) is 0 Å². The van der Waals surface area contributed by atoms with Gasteiger partial charge in [0, 0.05) is 4.90 Å². The van der Waals surface area contributed by atoms with E-state index in [1.807, 2.05) is 6.07 Å². The largest absolute Gasteiger partial charge is 0.342 e. The summed E-state index contributed by atoms with van der Waals surface area (Å²) >= 11 is 1.56. The van der Waals surface area contributed by atoms with Gasteiger partial charge in [0.2, 0.25) is 5.91 Å². The second kappa shape index (κ2) is 9.29. The maximum atomic E-state index is 12.3. The Kier molecular flexibility index (Phi) is 7.09. The van der Waals surface area contributed by atoms with Crippen LogP contribution < -0.4 is 5.32 Å². The van der Waals surface area contributed by atoms with Crippen LogP contribution in [0, 0.1) is 24.2 Å². The van der Waals surface area contributed by atoms with Crippen molar-refractivity contribution in [3.63, 3.8) is 0 Å². The minimum absolute atomic E-state index is 0.0558. The Morgan fingerprint density at radius 1 is 1.16 bits per heavy atom. The highest BCUT2D eigenvalue weighted by atomic mass is 32.2. The van der Waals surface area contributed by atoms with Crippen molar-refractivity contribution in [2.75, 3.05) is 6.54 Å². The smallest absolute Gasteiger partial charge is 0.234 e. The van der Waals surface area contributed by atoms with Gasteiger partial charge >= 0.3 is 0 Å². The number of hydrogen-bond donors (Lipinski definition) is 1. The van der Waals surface area contributed by atoms with Gasteiger partial charge in [-0.05, 0) is 42.5 Å². The monoisotopic (exact) mass is 352 g/mol. The Hall–Kier alpha value is -2.25. The molecule has 3 nitrogen and oxygen atoms in total. The summed E-state index contributed by atoms with van der Waals surface area (Å²) in [5.41, 5.74) is 3.60. The number of benzene rings is 2. The molecular formula is C21H24N2OS. The van der Waals surface area contributed by atoms with E-state index in [1.54, 1.807) is 11.8 Å². The average Bonchev–Trinajstić information content (AvgIpc) is 2.59. The lowest BCUT2D eigenvalue weighted by Crippen LogP contribution is -2.33. The van der Waals surface area contributed by atoms with Crippen LogP contribution in [0.15, 0.2) is 53.4 Å². The first-order valence-electron chi connectivity index (χ1n) is 8.48. The Morgan fingerprint density at radius 3 is 2.48 bits per heavy atom. The summed E-state index contributed by atoms with van der Waals surface area (Å²) in [4.78, 5) is 13.3. The summed E-state index contributed by atoms with van der Waals surface area (Å²) in [5, 5.41) is 11.2. The van der Waals surface area contributed by atoms with E-state index in [9.17, 15) is 4.79 Å². The van der Waals surface area contributed by atoms with Crippen LogP contribution in [0.3, 0.4) is 0 Å². The topological polar surface area (TPSA) is 52.9 Å². The lowest BCUT2D eigenvalue weighted by atomic mass is 10.0. The van der Waals surface area contributed by atoms with E-state index in [0.29, 0.717) is 5.92 Å². The number of hydrogen-bond acceptors (Lipinski definition) is 3. The van der Waals surface area contributed by atoms with Crippen molar-refractivity contribution in [2.45, 2.75) is 37.3 Å². The number of carbonyl (C=O) groups excluding carboxylic acids is 1. The second-order valence-corrected chi connectivity index (χ2v) is 7.78. The van der Waals surface area contributed by atoms with Gasteiger partial charge in [0.25, 0.3) is 0 Å². The number of rotatable bonds is 7. The first-order valence-corrected chi connectivity index (χ1v) is 9.36. The number of nitrogens with one attached hydrogen (secondary N) is 1. The molecule has 1 amide bonds. The predicted octanol–water partition coefficient (Wildman–Crippen LogP) is 4.81. The molecule has 2 aromatic rings. The Bertz CT molecular complexity index is 747. The quantitative estimate of drug-likeness (QED) is 0.575. The van der Waals surface area contributed by atoms with Crippen molar-refractivity contribution in [2.24, 2.45) is 5.92 Å². The molecule has 2 aromatic carbocycles. The van der Waals surface area contributed by atoms with Crippen molar-refractivity contribution in [3.8, 4) is 17.2 Å². The van der Waals surface area contributed by atoms with Gasteiger partial charge in [-0.3, -0.25) is 4.79 Å². The van der Waals surface area contributed by atoms with Gasteiger partial charge in [-0.15, -0.1) is 11.8 Å². The third-order valence-electron chi connectivity index (χ3n) is 3.80. The molecule has 130 valence electrons. The predicted molar refractivity (Wildman–Crippen MR) is 104 cm³/mol. The number of nitriles is 1. The van der Waals surface area contributed by atoms with Crippen LogP contribution >= 0.6 is 11.8 Å². The summed E-state index contributed by atoms with van der Waals surface area (Å²) in [6.45, 7) is 6.35. The molecule has 0 saturated carbocycles. The highest BCUT2D eigenvalue weighted by Crippen LogP contribution is 2.30. The lowest BCUT2D eigenvalue weighted by Gasteiger charge is -2.17. The first kappa shape index (κ1) is 19.1. The van der Waals surface area contributed by atoms with E-state index >= 15 is 0 Å². The standard InChI is InChI=1S/C21H24N2OS/c1-15(2)13-20(21(24)23-12-11-22)25-19-9-7-17(8-10-19)18-6-4-5-16(3)14-18/h4-10,14-15,20H,12-13H2,1-3H3,(H,23,24)/t20-/m1/s1. The fraction of sp³-hybridized carbons (Fsp3) is 0.333. The van der Waals surface area contributed by atoms with Crippen molar-refractivity contribution in [1.82, 2.24) is 5.32 Å². The van der Waals surface area contributed by atoms with Crippen LogP contribution in [-0.2, 0) is 4.79 Å². The van der Waals surface area contributed by atoms with Gasteiger partial charge in [-0.1, -0.05) is 55.8 Å². The minimum atomic E-state index is -0.182. The highest BCUT2D eigenvalue weighted by Gasteiger charge is 2.20. The van der Waals surface area contributed by atoms with E-state index < -0.39 is 0 Å². The molecule has 0 spiro atoms. The summed E-state index contributed by atoms with van der Waals surface area (Å²) in [7, 11) is 0. The van der Waals surface area contributed by atoms with E-state index in [1.165, 1.54) is 16.7 Å². The van der Waals surface area contributed by atoms with Gasteiger partial charge < -0.3 is 5.32 Å². The summed E-state index contributed by atoms with van der Waals surface area (Å²) in [6.07, 6.45) is 0.779. The minimum Gasteiger partial charge on any atom is -0.342 e.